The predicted molar refractivity (Wildman–Crippen MR) is 101 cm³/mol. The minimum atomic E-state index is -0.690. The standard InChI is InChI=1S/C21H18N2O3/c1-13-12-14-6-2-3-10-18(14)23(13)21(26)20(25)22-17-9-4-8-16-15(17)7-5-11-19(16)24/h2-11,13,24H,12H2,1H3,(H,22,25). The highest BCUT2D eigenvalue weighted by molar-refractivity contribution is 6.45. The van der Waals surface area contributed by atoms with Gasteiger partial charge in [-0.1, -0.05) is 42.5 Å². The molecule has 26 heavy (non-hydrogen) atoms. The minimum Gasteiger partial charge on any atom is -0.507 e. The van der Waals surface area contributed by atoms with Gasteiger partial charge in [-0.3, -0.25) is 9.59 Å². The van der Waals surface area contributed by atoms with Crippen molar-refractivity contribution in [2.75, 3.05) is 10.2 Å². The maximum atomic E-state index is 12.8. The Bertz CT molecular complexity index is 1030. The van der Waals surface area contributed by atoms with Gasteiger partial charge in [0, 0.05) is 28.2 Å². The van der Waals surface area contributed by atoms with Gasteiger partial charge >= 0.3 is 11.8 Å². The third-order valence-corrected chi connectivity index (χ3v) is 4.77. The third-order valence-electron chi connectivity index (χ3n) is 4.77. The van der Waals surface area contributed by atoms with Crippen LogP contribution in [0.3, 0.4) is 0 Å². The fraction of sp³-hybridized carbons (Fsp3) is 0.143. The van der Waals surface area contributed by atoms with Crippen LogP contribution in [0.4, 0.5) is 11.4 Å². The lowest BCUT2D eigenvalue weighted by Crippen LogP contribution is -2.43. The number of nitrogens with zero attached hydrogens (tertiary/aromatic N) is 1. The molecule has 0 radical (unpaired) electrons. The van der Waals surface area contributed by atoms with E-state index in [1.807, 2.05) is 31.2 Å². The second-order valence-corrected chi connectivity index (χ2v) is 6.49. The van der Waals surface area contributed by atoms with Gasteiger partial charge < -0.3 is 15.3 Å². The number of phenols is 1. The second-order valence-electron chi connectivity index (χ2n) is 6.49. The van der Waals surface area contributed by atoms with Crippen molar-refractivity contribution in [3.63, 3.8) is 0 Å². The first kappa shape index (κ1) is 16.1. The van der Waals surface area contributed by atoms with E-state index in [1.54, 1.807) is 41.3 Å². The summed E-state index contributed by atoms with van der Waals surface area (Å²) in [4.78, 5) is 27.0. The zero-order valence-corrected chi connectivity index (χ0v) is 14.3. The average molecular weight is 346 g/mol. The van der Waals surface area contributed by atoms with Crippen LogP contribution in [0, 0.1) is 0 Å². The summed E-state index contributed by atoms with van der Waals surface area (Å²) in [6.45, 7) is 1.93. The quantitative estimate of drug-likeness (QED) is 0.663. The number of benzene rings is 3. The molecule has 3 aromatic carbocycles. The van der Waals surface area contributed by atoms with Crippen molar-refractivity contribution in [2.45, 2.75) is 19.4 Å². The van der Waals surface area contributed by atoms with Gasteiger partial charge in [-0.05, 0) is 37.1 Å². The lowest BCUT2D eigenvalue weighted by molar-refractivity contribution is -0.134. The second kappa shape index (κ2) is 6.19. The van der Waals surface area contributed by atoms with Crippen molar-refractivity contribution in [1.29, 1.82) is 0 Å². The predicted octanol–water partition coefficient (Wildman–Crippen LogP) is 3.46. The van der Waals surface area contributed by atoms with E-state index in [0.717, 1.165) is 17.7 Å². The van der Waals surface area contributed by atoms with Crippen LogP contribution in [0.5, 0.6) is 5.75 Å². The maximum absolute atomic E-state index is 12.8. The molecule has 1 aliphatic heterocycles. The van der Waals surface area contributed by atoms with Crippen molar-refractivity contribution in [3.05, 3.63) is 66.2 Å². The molecule has 4 rings (SSSR count). The van der Waals surface area contributed by atoms with Crippen molar-refractivity contribution in [3.8, 4) is 5.75 Å². The van der Waals surface area contributed by atoms with E-state index >= 15 is 0 Å². The Morgan fingerprint density at radius 2 is 1.73 bits per heavy atom. The van der Waals surface area contributed by atoms with Crippen LogP contribution >= 0.6 is 0 Å². The number of aromatic hydroxyl groups is 1. The summed E-state index contributed by atoms with van der Waals surface area (Å²) >= 11 is 0. The number of nitrogens with one attached hydrogen (secondary N) is 1. The third kappa shape index (κ3) is 2.58. The van der Waals surface area contributed by atoms with Crippen molar-refractivity contribution < 1.29 is 14.7 Å². The highest BCUT2D eigenvalue weighted by Gasteiger charge is 2.34. The minimum absolute atomic E-state index is 0.0674. The number of phenolic OH excluding ortho intramolecular Hbond substituents is 1. The maximum Gasteiger partial charge on any atom is 0.316 e. The Kier molecular flexibility index (Phi) is 3.84. The fourth-order valence-electron chi connectivity index (χ4n) is 3.56. The number of carbonyl (C=O) groups is 2. The van der Waals surface area contributed by atoms with Crippen LogP contribution in [0.15, 0.2) is 60.7 Å². The van der Waals surface area contributed by atoms with Gasteiger partial charge in [0.25, 0.3) is 0 Å². The van der Waals surface area contributed by atoms with Crippen LogP contribution in [0.25, 0.3) is 10.8 Å². The molecule has 130 valence electrons. The summed E-state index contributed by atoms with van der Waals surface area (Å²) in [5, 5.41) is 14.0. The number of anilines is 2. The molecule has 2 N–H and O–H groups in total. The molecule has 0 aliphatic carbocycles. The molecular formula is C21H18N2O3. The molecule has 0 spiro atoms. The smallest absolute Gasteiger partial charge is 0.316 e. The molecule has 1 atom stereocenters. The SMILES string of the molecule is CC1Cc2ccccc2N1C(=O)C(=O)Nc1cccc2c(O)cccc12. The monoisotopic (exact) mass is 346 g/mol. The molecule has 0 saturated carbocycles. The van der Waals surface area contributed by atoms with Gasteiger partial charge in [-0.2, -0.15) is 0 Å². The van der Waals surface area contributed by atoms with Gasteiger partial charge in [0.15, 0.2) is 0 Å². The summed E-state index contributed by atoms with van der Waals surface area (Å²) < 4.78 is 0. The van der Waals surface area contributed by atoms with E-state index in [-0.39, 0.29) is 11.8 Å². The lowest BCUT2D eigenvalue weighted by atomic mass is 10.1. The first-order valence-corrected chi connectivity index (χ1v) is 8.49. The van der Waals surface area contributed by atoms with E-state index in [9.17, 15) is 14.7 Å². The summed E-state index contributed by atoms with van der Waals surface area (Å²) in [7, 11) is 0. The van der Waals surface area contributed by atoms with E-state index in [2.05, 4.69) is 5.32 Å². The molecule has 5 heteroatoms. The van der Waals surface area contributed by atoms with Crippen LogP contribution in [0.2, 0.25) is 0 Å². The molecule has 0 bridgehead atoms. The number of carbonyl (C=O) groups excluding carboxylic acids is 2. The average Bonchev–Trinajstić information content (AvgIpc) is 2.97. The molecular weight excluding hydrogens is 328 g/mol. The normalized spacial score (nSPS) is 15.7. The van der Waals surface area contributed by atoms with E-state index in [1.165, 1.54) is 0 Å². The zero-order chi connectivity index (χ0) is 18.3. The fourth-order valence-corrected chi connectivity index (χ4v) is 3.56. The summed E-state index contributed by atoms with van der Waals surface area (Å²) in [5.74, 6) is -1.14. The van der Waals surface area contributed by atoms with Crippen molar-refractivity contribution in [1.82, 2.24) is 0 Å². The molecule has 0 aromatic heterocycles. The van der Waals surface area contributed by atoms with Crippen LogP contribution in [-0.2, 0) is 16.0 Å². The van der Waals surface area contributed by atoms with E-state index in [4.69, 9.17) is 0 Å². The molecule has 5 nitrogen and oxygen atoms in total. The summed E-state index contributed by atoms with van der Waals surface area (Å²) in [6, 6.07) is 17.9. The first-order chi connectivity index (χ1) is 12.6. The number of fused-ring (bicyclic) bond motifs is 2. The highest BCUT2D eigenvalue weighted by Crippen LogP contribution is 2.33. The topological polar surface area (TPSA) is 69.6 Å². The van der Waals surface area contributed by atoms with Gasteiger partial charge in [-0.25, -0.2) is 0 Å². The molecule has 1 aliphatic rings. The Labute approximate surface area is 150 Å². The Morgan fingerprint density at radius 1 is 1.00 bits per heavy atom. The van der Waals surface area contributed by atoms with Crippen molar-refractivity contribution in [2.24, 2.45) is 0 Å². The molecule has 1 heterocycles. The van der Waals surface area contributed by atoms with Crippen LogP contribution < -0.4 is 10.2 Å². The zero-order valence-electron chi connectivity index (χ0n) is 14.3. The van der Waals surface area contributed by atoms with Crippen LogP contribution in [0.1, 0.15) is 12.5 Å². The van der Waals surface area contributed by atoms with Gasteiger partial charge in [-0.15, -0.1) is 0 Å². The molecule has 0 fully saturated rings. The van der Waals surface area contributed by atoms with E-state index < -0.39 is 11.8 Å². The van der Waals surface area contributed by atoms with Crippen LogP contribution in [-0.4, -0.2) is 23.0 Å². The molecule has 2 amide bonds. The Morgan fingerprint density at radius 3 is 2.58 bits per heavy atom. The van der Waals surface area contributed by atoms with Crippen molar-refractivity contribution >= 4 is 34.0 Å². The highest BCUT2D eigenvalue weighted by atomic mass is 16.3. The number of amides is 2. The molecule has 1 unspecified atom stereocenters. The number of para-hydroxylation sites is 1. The Balaban J connectivity index is 1.64. The van der Waals surface area contributed by atoms with Gasteiger partial charge in [0.2, 0.25) is 0 Å². The number of hydrogen-bond acceptors (Lipinski definition) is 3. The summed E-state index contributed by atoms with van der Waals surface area (Å²) in [5.41, 5.74) is 2.35. The van der Waals surface area contributed by atoms with Gasteiger partial charge in [0.05, 0.1) is 0 Å². The largest absolute Gasteiger partial charge is 0.507 e. The van der Waals surface area contributed by atoms with Gasteiger partial charge in [0.1, 0.15) is 5.75 Å². The number of hydrogen-bond donors (Lipinski definition) is 2. The number of rotatable bonds is 1. The first-order valence-electron chi connectivity index (χ1n) is 8.49. The Hall–Kier alpha value is -3.34. The lowest BCUT2D eigenvalue weighted by Gasteiger charge is -2.22. The summed E-state index contributed by atoms with van der Waals surface area (Å²) in [6.07, 6.45) is 0.733. The molecule has 3 aromatic rings. The van der Waals surface area contributed by atoms with E-state index in [0.29, 0.717) is 16.5 Å². The molecule has 0 saturated heterocycles.